The first-order chi connectivity index (χ1) is 7.97. The van der Waals surface area contributed by atoms with E-state index < -0.39 is 10.8 Å². The number of likely N-dealkylation sites (N-methyl/N-ethyl adjacent to an activating group) is 1. The van der Waals surface area contributed by atoms with Crippen LogP contribution < -0.4 is 5.73 Å². The summed E-state index contributed by atoms with van der Waals surface area (Å²) in [5, 5.41) is 19.3. The summed E-state index contributed by atoms with van der Waals surface area (Å²) in [6, 6.07) is 3.68. The van der Waals surface area contributed by atoms with Crippen molar-refractivity contribution in [1.82, 2.24) is 4.90 Å². The lowest BCUT2D eigenvalue weighted by Crippen LogP contribution is -2.30. The van der Waals surface area contributed by atoms with Crippen LogP contribution in [0.5, 0.6) is 0 Å². The summed E-state index contributed by atoms with van der Waals surface area (Å²) < 4.78 is 0. The van der Waals surface area contributed by atoms with E-state index in [-0.39, 0.29) is 30.1 Å². The number of carbonyl (C=O) groups excluding carboxylic acids is 1. The first kappa shape index (κ1) is 12.9. The fourth-order valence-electron chi connectivity index (χ4n) is 1.30. The standard InChI is InChI=1S/C10H13N3O4/c1-12(4-5-14)10(15)8-6-7(13(16)17)2-3-9(8)11/h2-3,6,14H,4-5,11H2,1H3. The van der Waals surface area contributed by atoms with E-state index in [2.05, 4.69) is 0 Å². The number of nitrogens with two attached hydrogens (primary N) is 1. The SMILES string of the molecule is CN(CCO)C(=O)c1cc([N+](=O)[O-])ccc1N. The second-order valence-electron chi connectivity index (χ2n) is 3.48. The third-order valence-electron chi connectivity index (χ3n) is 2.26. The van der Waals surface area contributed by atoms with Crippen LogP contribution in [-0.2, 0) is 0 Å². The molecule has 1 aromatic rings. The molecule has 0 bridgehead atoms. The van der Waals surface area contributed by atoms with Gasteiger partial charge in [0, 0.05) is 31.4 Å². The minimum Gasteiger partial charge on any atom is -0.398 e. The zero-order valence-electron chi connectivity index (χ0n) is 9.29. The van der Waals surface area contributed by atoms with Gasteiger partial charge in [-0.3, -0.25) is 14.9 Å². The van der Waals surface area contributed by atoms with Crippen LogP contribution in [0.2, 0.25) is 0 Å². The molecule has 92 valence electrons. The third kappa shape index (κ3) is 2.91. The van der Waals surface area contributed by atoms with Crippen LogP contribution in [-0.4, -0.2) is 41.0 Å². The van der Waals surface area contributed by atoms with Crippen molar-refractivity contribution in [3.05, 3.63) is 33.9 Å². The second kappa shape index (κ2) is 5.26. The molecule has 3 N–H and O–H groups in total. The van der Waals surface area contributed by atoms with Crippen molar-refractivity contribution in [1.29, 1.82) is 0 Å². The molecule has 0 atom stereocenters. The van der Waals surface area contributed by atoms with E-state index in [0.717, 1.165) is 6.07 Å². The fraction of sp³-hybridized carbons (Fsp3) is 0.300. The number of hydrogen-bond acceptors (Lipinski definition) is 5. The number of aliphatic hydroxyl groups excluding tert-OH is 1. The number of nitrogen functional groups attached to an aromatic ring is 1. The summed E-state index contributed by atoms with van der Waals surface area (Å²) in [6.07, 6.45) is 0. The fourth-order valence-corrected chi connectivity index (χ4v) is 1.30. The maximum Gasteiger partial charge on any atom is 0.270 e. The van der Waals surface area contributed by atoms with Gasteiger partial charge in [0.05, 0.1) is 17.1 Å². The molecule has 0 saturated heterocycles. The van der Waals surface area contributed by atoms with Gasteiger partial charge in [-0.2, -0.15) is 0 Å². The molecule has 0 aliphatic rings. The van der Waals surface area contributed by atoms with Crippen molar-refractivity contribution in [2.75, 3.05) is 25.9 Å². The van der Waals surface area contributed by atoms with E-state index >= 15 is 0 Å². The highest BCUT2D eigenvalue weighted by molar-refractivity contribution is 5.99. The predicted molar refractivity (Wildman–Crippen MR) is 61.6 cm³/mol. The maximum atomic E-state index is 11.8. The van der Waals surface area contributed by atoms with Gasteiger partial charge in [0.25, 0.3) is 11.6 Å². The van der Waals surface area contributed by atoms with Crippen LogP contribution in [0.4, 0.5) is 11.4 Å². The number of rotatable bonds is 4. The van der Waals surface area contributed by atoms with Crippen LogP contribution in [0.15, 0.2) is 18.2 Å². The number of carbonyl (C=O) groups is 1. The Hall–Kier alpha value is -2.15. The number of aliphatic hydroxyl groups is 1. The summed E-state index contributed by atoms with van der Waals surface area (Å²) in [5.74, 6) is -0.458. The summed E-state index contributed by atoms with van der Waals surface area (Å²) in [4.78, 5) is 23.1. The van der Waals surface area contributed by atoms with Crippen molar-refractivity contribution in [2.45, 2.75) is 0 Å². The molecule has 1 rings (SSSR count). The Balaban J connectivity index is 3.07. The summed E-state index contributed by atoms with van der Waals surface area (Å²) in [5.41, 5.74) is 5.63. The molecule has 17 heavy (non-hydrogen) atoms. The van der Waals surface area contributed by atoms with E-state index in [1.165, 1.54) is 24.1 Å². The van der Waals surface area contributed by atoms with E-state index in [1.54, 1.807) is 0 Å². The predicted octanol–water partition coefficient (Wildman–Crippen LogP) is 0.241. The van der Waals surface area contributed by atoms with Gasteiger partial charge in [-0.15, -0.1) is 0 Å². The van der Waals surface area contributed by atoms with Gasteiger partial charge in [-0.05, 0) is 6.07 Å². The van der Waals surface area contributed by atoms with Crippen LogP contribution in [0.25, 0.3) is 0 Å². The Morgan fingerprint density at radius 1 is 1.59 bits per heavy atom. The van der Waals surface area contributed by atoms with Gasteiger partial charge in [0.1, 0.15) is 0 Å². The molecular weight excluding hydrogens is 226 g/mol. The number of benzene rings is 1. The molecule has 0 aliphatic heterocycles. The highest BCUT2D eigenvalue weighted by Crippen LogP contribution is 2.20. The first-order valence-electron chi connectivity index (χ1n) is 4.87. The van der Waals surface area contributed by atoms with Crippen molar-refractivity contribution in [2.24, 2.45) is 0 Å². The molecule has 7 nitrogen and oxygen atoms in total. The van der Waals surface area contributed by atoms with Crippen molar-refractivity contribution in [3.63, 3.8) is 0 Å². The Kier molecular flexibility index (Phi) is 4.00. The smallest absolute Gasteiger partial charge is 0.270 e. The molecule has 1 aromatic carbocycles. The monoisotopic (exact) mass is 239 g/mol. The zero-order valence-corrected chi connectivity index (χ0v) is 9.29. The largest absolute Gasteiger partial charge is 0.398 e. The normalized spacial score (nSPS) is 10.0. The number of hydrogen-bond donors (Lipinski definition) is 2. The van der Waals surface area contributed by atoms with E-state index in [4.69, 9.17) is 10.8 Å². The summed E-state index contributed by atoms with van der Waals surface area (Å²) >= 11 is 0. The number of anilines is 1. The van der Waals surface area contributed by atoms with Gasteiger partial charge in [0.2, 0.25) is 0 Å². The van der Waals surface area contributed by atoms with Crippen LogP contribution in [0.3, 0.4) is 0 Å². The number of amides is 1. The Morgan fingerprint density at radius 3 is 2.76 bits per heavy atom. The molecule has 0 aliphatic carbocycles. The van der Waals surface area contributed by atoms with Crippen LogP contribution in [0.1, 0.15) is 10.4 Å². The van der Waals surface area contributed by atoms with Crippen LogP contribution in [0, 0.1) is 10.1 Å². The van der Waals surface area contributed by atoms with Crippen molar-refractivity contribution >= 4 is 17.3 Å². The van der Waals surface area contributed by atoms with E-state index in [0.29, 0.717) is 0 Å². The number of non-ortho nitro benzene ring substituents is 1. The van der Waals surface area contributed by atoms with Gasteiger partial charge < -0.3 is 15.7 Å². The molecule has 0 radical (unpaired) electrons. The molecule has 0 spiro atoms. The molecule has 0 heterocycles. The number of nitro groups is 1. The highest BCUT2D eigenvalue weighted by Gasteiger charge is 2.18. The van der Waals surface area contributed by atoms with E-state index in [9.17, 15) is 14.9 Å². The van der Waals surface area contributed by atoms with Crippen molar-refractivity contribution < 1.29 is 14.8 Å². The van der Waals surface area contributed by atoms with Gasteiger partial charge in [0.15, 0.2) is 0 Å². The average molecular weight is 239 g/mol. The number of nitro benzene ring substituents is 1. The molecule has 0 aromatic heterocycles. The van der Waals surface area contributed by atoms with Crippen molar-refractivity contribution in [3.8, 4) is 0 Å². The quantitative estimate of drug-likeness (QED) is 0.444. The average Bonchev–Trinajstić information content (AvgIpc) is 2.28. The topological polar surface area (TPSA) is 110 Å². The van der Waals surface area contributed by atoms with Crippen LogP contribution >= 0.6 is 0 Å². The Bertz CT molecular complexity index is 447. The minimum atomic E-state index is -0.595. The molecule has 0 fully saturated rings. The lowest BCUT2D eigenvalue weighted by Gasteiger charge is -2.16. The maximum absolute atomic E-state index is 11.8. The lowest BCUT2D eigenvalue weighted by atomic mass is 10.1. The molecule has 1 amide bonds. The Morgan fingerprint density at radius 2 is 2.24 bits per heavy atom. The molecular formula is C10H13N3O4. The second-order valence-corrected chi connectivity index (χ2v) is 3.48. The Labute approximate surface area is 97.6 Å². The summed E-state index contributed by atoms with van der Waals surface area (Å²) in [7, 11) is 1.48. The van der Waals surface area contributed by atoms with Gasteiger partial charge >= 0.3 is 0 Å². The number of nitrogens with zero attached hydrogens (tertiary/aromatic N) is 2. The lowest BCUT2D eigenvalue weighted by molar-refractivity contribution is -0.384. The molecule has 7 heteroatoms. The van der Waals surface area contributed by atoms with Gasteiger partial charge in [-0.25, -0.2) is 0 Å². The summed E-state index contributed by atoms with van der Waals surface area (Å²) in [6.45, 7) is -0.0436. The third-order valence-corrected chi connectivity index (χ3v) is 2.26. The minimum absolute atomic E-state index is 0.0650. The van der Waals surface area contributed by atoms with Gasteiger partial charge in [-0.1, -0.05) is 0 Å². The molecule has 0 unspecified atom stereocenters. The first-order valence-corrected chi connectivity index (χ1v) is 4.87. The van der Waals surface area contributed by atoms with E-state index in [1.807, 2.05) is 0 Å². The molecule has 0 saturated carbocycles. The zero-order chi connectivity index (χ0) is 13.0. The highest BCUT2D eigenvalue weighted by atomic mass is 16.6.